The molecule has 0 radical (unpaired) electrons. The largest absolute Gasteiger partial charge is 0.462 e. The second kappa shape index (κ2) is 20.7. The molecule has 0 aliphatic carbocycles. The molecule has 1 aromatic rings. The van der Waals surface area contributed by atoms with Gasteiger partial charge in [-0.2, -0.15) is 0 Å². The van der Waals surface area contributed by atoms with Crippen molar-refractivity contribution in [2.75, 3.05) is 13.2 Å². The van der Waals surface area contributed by atoms with E-state index in [1.807, 2.05) is 6.07 Å². The van der Waals surface area contributed by atoms with Crippen molar-refractivity contribution in [3.8, 4) is 0 Å². The van der Waals surface area contributed by atoms with Gasteiger partial charge in [0.15, 0.2) is 0 Å². The fourth-order valence-corrected chi connectivity index (χ4v) is 3.71. The van der Waals surface area contributed by atoms with Gasteiger partial charge in [-0.05, 0) is 44.2 Å². The molecule has 0 aliphatic rings. The first kappa shape index (κ1) is 30.4. The lowest BCUT2D eigenvalue weighted by atomic mass is 10.1. The maximum atomic E-state index is 11.8. The Labute approximate surface area is 211 Å². The van der Waals surface area contributed by atoms with E-state index in [9.17, 15) is 14.4 Å². The number of benzene rings is 1. The summed E-state index contributed by atoms with van der Waals surface area (Å²) >= 11 is 0. The minimum absolute atomic E-state index is 0.00345. The second-order valence-electron chi connectivity index (χ2n) is 8.82. The molecule has 1 rings (SSSR count). The van der Waals surface area contributed by atoms with E-state index in [1.54, 1.807) is 24.3 Å². The Morgan fingerprint density at radius 3 is 2.26 bits per heavy atom. The fraction of sp³-hybridized carbons (Fsp3) is 0.621. The topological polar surface area (TPSA) is 78.9 Å². The van der Waals surface area contributed by atoms with E-state index in [2.05, 4.69) is 19.1 Å². The van der Waals surface area contributed by atoms with Crippen LogP contribution in [-0.4, -0.2) is 37.2 Å². The zero-order valence-corrected chi connectivity index (χ0v) is 21.7. The lowest BCUT2D eigenvalue weighted by molar-refractivity contribution is -0.146. The Kier molecular flexibility index (Phi) is 18.0. The number of carbonyl (C=O) groups excluding carboxylic acids is 3. The first-order chi connectivity index (χ1) is 17.0. The monoisotopic (exact) mass is 488 g/mol. The van der Waals surface area contributed by atoms with Crippen LogP contribution in [-0.2, 0) is 23.8 Å². The van der Waals surface area contributed by atoms with Gasteiger partial charge < -0.3 is 14.2 Å². The van der Waals surface area contributed by atoms with Crippen molar-refractivity contribution in [1.29, 1.82) is 0 Å². The van der Waals surface area contributed by atoms with E-state index in [-0.39, 0.29) is 31.3 Å². The van der Waals surface area contributed by atoms with Crippen LogP contribution >= 0.6 is 0 Å². The third-order valence-electron chi connectivity index (χ3n) is 5.62. The van der Waals surface area contributed by atoms with Gasteiger partial charge in [-0.1, -0.05) is 75.8 Å². The van der Waals surface area contributed by atoms with E-state index in [0.29, 0.717) is 12.0 Å². The van der Waals surface area contributed by atoms with Crippen molar-refractivity contribution in [3.05, 3.63) is 48.0 Å². The maximum Gasteiger partial charge on any atom is 0.338 e. The Morgan fingerprint density at radius 2 is 1.51 bits per heavy atom. The highest BCUT2D eigenvalue weighted by molar-refractivity contribution is 5.89. The third-order valence-corrected chi connectivity index (χ3v) is 5.62. The Hall–Kier alpha value is -2.63. The van der Waals surface area contributed by atoms with Gasteiger partial charge in [0.25, 0.3) is 0 Å². The molecule has 0 aromatic heterocycles. The van der Waals surface area contributed by atoms with Crippen molar-refractivity contribution >= 4 is 17.9 Å². The van der Waals surface area contributed by atoms with Gasteiger partial charge in [0, 0.05) is 19.8 Å². The number of hydrogen-bond donors (Lipinski definition) is 0. The van der Waals surface area contributed by atoms with Crippen LogP contribution in [0.4, 0.5) is 0 Å². The molecule has 6 heteroatoms. The SMILES string of the molecule is CCCCCCC(CC=CCCCCCCCC(=O)OCCOC(=O)c1ccccc1)OC(C)=O. The van der Waals surface area contributed by atoms with Crippen LogP contribution in [0.25, 0.3) is 0 Å². The van der Waals surface area contributed by atoms with Gasteiger partial charge in [0.05, 0.1) is 5.56 Å². The lowest BCUT2D eigenvalue weighted by Gasteiger charge is -2.15. The van der Waals surface area contributed by atoms with Gasteiger partial charge in [0.1, 0.15) is 19.3 Å². The standard InChI is InChI=1S/C29H44O6/c1-3-4-5-15-20-27(35-25(2)30)21-16-10-8-6-7-9-11-17-22-28(31)33-23-24-34-29(32)26-18-13-12-14-19-26/h10,12-14,16,18-19,27H,3-9,11,15,17,20-24H2,1-2H3. The first-order valence-electron chi connectivity index (χ1n) is 13.2. The Bertz CT molecular complexity index is 728. The number of ether oxygens (including phenoxy) is 3. The number of unbranched alkanes of at least 4 members (excludes halogenated alkanes) is 8. The average Bonchev–Trinajstić information content (AvgIpc) is 2.85. The van der Waals surface area contributed by atoms with Crippen molar-refractivity contribution in [2.24, 2.45) is 0 Å². The van der Waals surface area contributed by atoms with E-state index in [0.717, 1.165) is 57.8 Å². The van der Waals surface area contributed by atoms with E-state index >= 15 is 0 Å². The van der Waals surface area contributed by atoms with E-state index in [1.165, 1.54) is 26.2 Å². The molecule has 35 heavy (non-hydrogen) atoms. The second-order valence-corrected chi connectivity index (χ2v) is 8.82. The van der Waals surface area contributed by atoms with Crippen LogP contribution < -0.4 is 0 Å². The van der Waals surface area contributed by atoms with Crippen LogP contribution in [0.5, 0.6) is 0 Å². The molecule has 0 fully saturated rings. The molecular weight excluding hydrogens is 444 g/mol. The van der Waals surface area contributed by atoms with Crippen LogP contribution in [0, 0.1) is 0 Å². The number of hydrogen-bond acceptors (Lipinski definition) is 6. The summed E-state index contributed by atoms with van der Waals surface area (Å²) in [7, 11) is 0. The molecule has 0 amide bonds. The van der Waals surface area contributed by atoms with Gasteiger partial charge in [-0.3, -0.25) is 9.59 Å². The summed E-state index contributed by atoms with van der Waals surface area (Å²) in [5.41, 5.74) is 0.485. The summed E-state index contributed by atoms with van der Waals surface area (Å²) in [5.74, 6) is -0.863. The molecule has 0 bridgehead atoms. The molecule has 1 aromatic carbocycles. The highest BCUT2D eigenvalue weighted by Crippen LogP contribution is 2.13. The normalized spacial score (nSPS) is 11.8. The Morgan fingerprint density at radius 1 is 0.829 bits per heavy atom. The number of rotatable bonds is 20. The molecule has 0 spiro atoms. The fourth-order valence-electron chi connectivity index (χ4n) is 3.71. The van der Waals surface area contributed by atoms with Crippen LogP contribution in [0.1, 0.15) is 108 Å². The summed E-state index contributed by atoms with van der Waals surface area (Å²) in [6.45, 7) is 3.82. The average molecular weight is 489 g/mol. The predicted octanol–water partition coefficient (Wildman–Crippen LogP) is 6.97. The molecular formula is C29H44O6. The maximum absolute atomic E-state index is 11.8. The van der Waals surface area contributed by atoms with Crippen molar-refractivity contribution in [3.63, 3.8) is 0 Å². The van der Waals surface area contributed by atoms with Crippen molar-refractivity contribution in [2.45, 2.75) is 103 Å². The van der Waals surface area contributed by atoms with Crippen LogP contribution in [0.3, 0.4) is 0 Å². The van der Waals surface area contributed by atoms with Gasteiger partial charge in [0.2, 0.25) is 0 Å². The minimum atomic E-state index is -0.414. The number of allylic oxidation sites excluding steroid dienone is 1. The molecule has 0 N–H and O–H groups in total. The Balaban J connectivity index is 1.98. The zero-order chi connectivity index (χ0) is 25.6. The van der Waals surface area contributed by atoms with Crippen LogP contribution in [0.2, 0.25) is 0 Å². The van der Waals surface area contributed by atoms with Crippen molar-refractivity contribution in [1.82, 2.24) is 0 Å². The van der Waals surface area contributed by atoms with Crippen molar-refractivity contribution < 1.29 is 28.6 Å². The van der Waals surface area contributed by atoms with Gasteiger partial charge in [-0.15, -0.1) is 0 Å². The molecule has 0 saturated heterocycles. The third kappa shape index (κ3) is 17.5. The lowest BCUT2D eigenvalue weighted by Crippen LogP contribution is -2.15. The van der Waals surface area contributed by atoms with E-state index in [4.69, 9.17) is 14.2 Å². The first-order valence-corrected chi connectivity index (χ1v) is 13.2. The summed E-state index contributed by atoms with van der Waals surface area (Å²) < 4.78 is 15.6. The highest BCUT2D eigenvalue weighted by Gasteiger charge is 2.10. The van der Waals surface area contributed by atoms with E-state index < -0.39 is 5.97 Å². The molecule has 0 heterocycles. The highest BCUT2D eigenvalue weighted by atomic mass is 16.6. The molecule has 1 atom stereocenters. The molecule has 0 aliphatic heterocycles. The van der Waals surface area contributed by atoms with Crippen LogP contribution in [0.15, 0.2) is 42.5 Å². The molecule has 196 valence electrons. The smallest absolute Gasteiger partial charge is 0.338 e. The summed E-state index contributed by atoms with van der Waals surface area (Å²) in [4.78, 5) is 34.9. The molecule has 6 nitrogen and oxygen atoms in total. The summed E-state index contributed by atoms with van der Waals surface area (Å²) in [6.07, 6.45) is 17.3. The quantitative estimate of drug-likeness (QED) is 0.0854. The molecule has 0 saturated carbocycles. The molecule has 1 unspecified atom stereocenters. The van der Waals surface area contributed by atoms with Gasteiger partial charge in [-0.25, -0.2) is 4.79 Å². The van der Waals surface area contributed by atoms with Gasteiger partial charge >= 0.3 is 17.9 Å². The number of esters is 3. The summed E-state index contributed by atoms with van der Waals surface area (Å²) in [5, 5.41) is 0. The number of carbonyl (C=O) groups is 3. The predicted molar refractivity (Wildman–Crippen MR) is 138 cm³/mol. The zero-order valence-electron chi connectivity index (χ0n) is 21.7. The summed E-state index contributed by atoms with van der Waals surface area (Å²) in [6, 6.07) is 8.74. The minimum Gasteiger partial charge on any atom is -0.462 e.